The van der Waals surface area contributed by atoms with E-state index in [0.29, 0.717) is 18.0 Å². The standard InChI is InChI=1S/C28H25N3O3S/c1-35-19-12-10-18(11-13-19)28-27-21(20-6-2-3-7-22(20)29-27)14-15-30(28)25(32)16-31-23-8-4-5-9-24(23)34-17-26(31)33/h2-13,28-29H,14-17H2,1H3/t28-/m1/s1. The summed E-state index contributed by atoms with van der Waals surface area (Å²) in [4.78, 5) is 34.8. The number of carbonyl (C=O) groups excluding carboxylic acids is 2. The Kier molecular flexibility index (Phi) is 5.49. The molecule has 0 bridgehead atoms. The van der Waals surface area contributed by atoms with Crippen LogP contribution in [0.25, 0.3) is 10.9 Å². The maximum Gasteiger partial charge on any atom is 0.265 e. The highest BCUT2D eigenvalue weighted by Gasteiger charge is 2.36. The molecule has 2 aliphatic heterocycles. The Bertz CT molecular complexity index is 1430. The first kappa shape index (κ1) is 21.8. The van der Waals surface area contributed by atoms with Gasteiger partial charge in [0.15, 0.2) is 6.61 Å². The van der Waals surface area contributed by atoms with Gasteiger partial charge in [0.05, 0.1) is 11.7 Å². The predicted octanol–water partition coefficient (Wildman–Crippen LogP) is 4.79. The Hall–Kier alpha value is -3.71. The van der Waals surface area contributed by atoms with E-state index in [1.54, 1.807) is 16.7 Å². The number of ether oxygens (including phenoxy) is 1. The third kappa shape index (κ3) is 3.76. The second kappa shape index (κ2) is 8.82. The van der Waals surface area contributed by atoms with Crippen LogP contribution in [0.4, 0.5) is 5.69 Å². The van der Waals surface area contributed by atoms with Crippen LogP contribution in [0.1, 0.15) is 22.9 Å². The molecule has 176 valence electrons. The zero-order valence-electron chi connectivity index (χ0n) is 19.4. The number of aromatic amines is 1. The van der Waals surface area contributed by atoms with Gasteiger partial charge >= 0.3 is 0 Å². The highest BCUT2D eigenvalue weighted by molar-refractivity contribution is 7.98. The summed E-state index contributed by atoms with van der Waals surface area (Å²) < 4.78 is 5.56. The van der Waals surface area contributed by atoms with Crippen LogP contribution in [0, 0.1) is 0 Å². The Balaban J connectivity index is 1.39. The summed E-state index contributed by atoms with van der Waals surface area (Å²) in [6, 6.07) is 23.8. The SMILES string of the molecule is CSc1ccc([C@@H]2c3[nH]c4ccccc4c3CCN2C(=O)CN2C(=O)COc3ccccc32)cc1. The van der Waals surface area contributed by atoms with Crippen LogP contribution in [-0.4, -0.2) is 47.7 Å². The lowest BCUT2D eigenvalue weighted by Gasteiger charge is -2.38. The molecule has 0 unspecified atom stereocenters. The lowest BCUT2D eigenvalue weighted by molar-refractivity contribution is -0.133. The molecule has 1 N–H and O–H groups in total. The van der Waals surface area contributed by atoms with Crippen molar-refractivity contribution in [2.45, 2.75) is 17.4 Å². The van der Waals surface area contributed by atoms with E-state index in [0.717, 1.165) is 23.2 Å². The Morgan fingerprint density at radius 3 is 2.66 bits per heavy atom. The molecular formula is C28H25N3O3S. The summed E-state index contributed by atoms with van der Waals surface area (Å²) in [5.74, 6) is 0.334. The molecule has 1 atom stereocenters. The van der Waals surface area contributed by atoms with Gasteiger partial charge in [-0.15, -0.1) is 11.8 Å². The van der Waals surface area contributed by atoms with E-state index in [-0.39, 0.29) is 31.0 Å². The third-order valence-electron chi connectivity index (χ3n) is 6.89. The number of hydrogen-bond acceptors (Lipinski definition) is 4. The van der Waals surface area contributed by atoms with E-state index in [1.807, 2.05) is 35.2 Å². The minimum Gasteiger partial charge on any atom is -0.482 e. The lowest BCUT2D eigenvalue weighted by atomic mass is 9.92. The van der Waals surface area contributed by atoms with Gasteiger partial charge in [0.2, 0.25) is 5.91 Å². The van der Waals surface area contributed by atoms with Crippen molar-refractivity contribution in [2.24, 2.45) is 0 Å². The molecule has 1 aromatic heterocycles. The summed E-state index contributed by atoms with van der Waals surface area (Å²) in [5, 5.41) is 1.21. The van der Waals surface area contributed by atoms with Gasteiger partial charge < -0.3 is 14.6 Å². The van der Waals surface area contributed by atoms with Crippen LogP contribution in [0.5, 0.6) is 5.75 Å². The van der Waals surface area contributed by atoms with Crippen LogP contribution in [-0.2, 0) is 16.0 Å². The summed E-state index contributed by atoms with van der Waals surface area (Å²) in [6.45, 7) is 0.507. The molecule has 2 amide bonds. The molecule has 0 aliphatic carbocycles. The van der Waals surface area contributed by atoms with Gasteiger partial charge in [-0.1, -0.05) is 42.5 Å². The molecule has 0 saturated carbocycles. The molecule has 0 fully saturated rings. The number of nitrogens with one attached hydrogen (secondary N) is 1. The zero-order chi connectivity index (χ0) is 23.9. The molecule has 0 radical (unpaired) electrons. The number of thioether (sulfide) groups is 1. The normalized spacial score (nSPS) is 17.2. The van der Waals surface area contributed by atoms with E-state index in [4.69, 9.17) is 4.74 Å². The quantitative estimate of drug-likeness (QED) is 0.424. The van der Waals surface area contributed by atoms with Gasteiger partial charge in [0.25, 0.3) is 5.91 Å². The van der Waals surface area contributed by atoms with Gasteiger partial charge in [-0.3, -0.25) is 14.5 Å². The second-order valence-electron chi connectivity index (χ2n) is 8.81. The van der Waals surface area contributed by atoms with Gasteiger partial charge in [0.1, 0.15) is 12.3 Å². The van der Waals surface area contributed by atoms with E-state index in [2.05, 4.69) is 53.7 Å². The van der Waals surface area contributed by atoms with Crippen LogP contribution in [0.2, 0.25) is 0 Å². The van der Waals surface area contributed by atoms with Crippen molar-refractivity contribution in [1.82, 2.24) is 9.88 Å². The predicted molar refractivity (Wildman–Crippen MR) is 138 cm³/mol. The fourth-order valence-electron chi connectivity index (χ4n) is 5.20. The van der Waals surface area contributed by atoms with Crippen molar-refractivity contribution in [1.29, 1.82) is 0 Å². The maximum absolute atomic E-state index is 13.8. The number of aromatic nitrogens is 1. The van der Waals surface area contributed by atoms with E-state index in [9.17, 15) is 9.59 Å². The number of anilines is 1. The fraction of sp³-hybridized carbons (Fsp3) is 0.214. The van der Waals surface area contributed by atoms with Crippen LogP contribution in [0.3, 0.4) is 0 Å². The number of H-pyrrole nitrogens is 1. The van der Waals surface area contributed by atoms with Crippen molar-refractivity contribution < 1.29 is 14.3 Å². The van der Waals surface area contributed by atoms with Gasteiger partial charge in [-0.25, -0.2) is 0 Å². The van der Waals surface area contributed by atoms with Crippen molar-refractivity contribution in [2.75, 3.05) is 30.9 Å². The highest BCUT2D eigenvalue weighted by Crippen LogP contribution is 2.39. The van der Waals surface area contributed by atoms with Gasteiger partial charge in [-0.2, -0.15) is 0 Å². The summed E-state index contributed by atoms with van der Waals surface area (Å²) in [7, 11) is 0. The van der Waals surface area contributed by atoms with Crippen LogP contribution in [0.15, 0.2) is 77.7 Å². The van der Waals surface area contributed by atoms with Crippen LogP contribution >= 0.6 is 11.8 Å². The topological polar surface area (TPSA) is 65.6 Å². The smallest absolute Gasteiger partial charge is 0.265 e. The number of benzene rings is 3. The molecule has 2 aliphatic rings. The molecule has 0 spiro atoms. The van der Waals surface area contributed by atoms with E-state index in [1.165, 1.54) is 15.8 Å². The van der Waals surface area contributed by atoms with E-state index >= 15 is 0 Å². The molecule has 4 aromatic rings. The van der Waals surface area contributed by atoms with Gasteiger partial charge in [-0.05, 0) is 54.1 Å². The molecule has 3 heterocycles. The molecule has 0 saturated heterocycles. The summed E-state index contributed by atoms with van der Waals surface area (Å²) in [6.07, 6.45) is 2.82. The third-order valence-corrected chi connectivity index (χ3v) is 7.63. The minimum absolute atomic E-state index is 0.0197. The molecular weight excluding hydrogens is 458 g/mol. The second-order valence-corrected chi connectivity index (χ2v) is 9.69. The van der Waals surface area contributed by atoms with Crippen molar-refractivity contribution >= 4 is 40.2 Å². The minimum atomic E-state index is -0.249. The Labute approximate surface area is 207 Å². The number of rotatable bonds is 4. The maximum atomic E-state index is 13.8. The first-order chi connectivity index (χ1) is 17.1. The molecule has 6 rings (SSSR count). The molecule has 3 aromatic carbocycles. The number of amides is 2. The number of fused-ring (bicyclic) bond motifs is 4. The average molecular weight is 484 g/mol. The monoisotopic (exact) mass is 483 g/mol. The molecule has 35 heavy (non-hydrogen) atoms. The van der Waals surface area contributed by atoms with Crippen molar-refractivity contribution in [3.8, 4) is 5.75 Å². The Morgan fingerprint density at radius 1 is 1.06 bits per heavy atom. The summed E-state index contributed by atoms with van der Waals surface area (Å²) >= 11 is 1.69. The number of para-hydroxylation sites is 3. The average Bonchev–Trinajstić information content (AvgIpc) is 3.28. The zero-order valence-corrected chi connectivity index (χ0v) is 20.2. The number of nitrogens with zero attached hydrogens (tertiary/aromatic N) is 2. The molecule has 6 nitrogen and oxygen atoms in total. The number of hydrogen-bond donors (Lipinski definition) is 1. The van der Waals surface area contributed by atoms with Gasteiger partial charge in [0, 0.05) is 28.0 Å². The fourth-order valence-corrected chi connectivity index (χ4v) is 5.60. The van der Waals surface area contributed by atoms with Crippen LogP contribution < -0.4 is 9.64 Å². The number of carbonyl (C=O) groups is 2. The first-order valence-corrected chi connectivity index (χ1v) is 12.9. The van der Waals surface area contributed by atoms with Crippen molar-refractivity contribution in [3.63, 3.8) is 0 Å². The largest absolute Gasteiger partial charge is 0.482 e. The molecule has 7 heteroatoms. The highest BCUT2D eigenvalue weighted by atomic mass is 32.2. The van der Waals surface area contributed by atoms with E-state index < -0.39 is 0 Å². The first-order valence-electron chi connectivity index (χ1n) is 11.7. The van der Waals surface area contributed by atoms with Crippen molar-refractivity contribution in [3.05, 3.63) is 89.6 Å². The lowest BCUT2D eigenvalue weighted by Crippen LogP contribution is -2.49. The Morgan fingerprint density at radius 2 is 1.83 bits per heavy atom. The summed E-state index contributed by atoms with van der Waals surface area (Å²) in [5.41, 5.74) is 5.08.